The first-order chi connectivity index (χ1) is 10.4. The maximum absolute atomic E-state index is 14.0. The summed E-state index contributed by atoms with van der Waals surface area (Å²) in [7, 11) is -6.39. The van der Waals surface area contributed by atoms with Crippen LogP contribution in [-0.4, -0.2) is 51.8 Å². The van der Waals surface area contributed by atoms with Gasteiger partial charge >= 0.3 is 27.3 Å². The first kappa shape index (κ1) is 19.1. The van der Waals surface area contributed by atoms with Crippen molar-refractivity contribution in [1.82, 2.24) is 0 Å². The number of halogens is 4. The minimum atomic E-state index is -6.39. The minimum Gasteiger partial charge on any atom is -0.456 e. The van der Waals surface area contributed by atoms with E-state index in [1.165, 1.54) is 23.5 Å². The Kier molecular flexibility index (Phi) is 5.21. The van der Waals surface area contributed by atoms with E-state index in [0.717, 1.165) is 6.42 Å². The standard InChI is InChI=1S/C11H14F4O5S3/c12-10(11(13,14)15,23(17,18)19)8(16)20-7-3-1-2-4-9(7)21-5-6-22-9/h7H,1-6H2,(H,17,18,19). The van der Waals surface area contributed by atoms with Crippen LogP contribution in [0.15, 0.2) is 0 Å². The quantitative estimate of drug-likeness (QED) is 0.445. The van der Waals surface area contributed by atoms with E-state index >= 15 is 0 Å². The molecule has 1 saturated carbocycles. The van der Waals surface area contributed by atoms with E-state index in [4.69, 9.17) is 4.55 Å². The second-order valence-corrected chi connectivity index (χ2v) is 9.84. The molecule has 2 fully saturated rings. The molecule has 0 bridgehead atoms. The van der Waals surface area contributed by atoms with Gasteiger partial charge in [-0.05, 0) is 19.3 Å². The van der Waals surface area contributed by atoms with Gasteiger partial charge in [-0.25, -0.2) is 9.18 Å². The van der Waals surface area contributed by atoms with Gasteiger partial charge in [-0.15, -0.1) is 23.5 Å². The number of thioether (sulfide) groups is 2. The molecule has 0 amide bonds. The number of ether oxygens (including phenoxy) is 1. The fourth-order valence-electron chi connectivity index (χ4n) is 2.60. The number of esters is 1. The Labute approximate surface area is 138 Å². The highest BCUT2D eigenvalue weighted by molar-refractivity contribution is 8.21. The topological polar surface area (TPSA) is 80.7 Å². The van der Waals surface area contributed by atoms with Gasteiger partial charge in [-0.3, -0.25) is 4.55 Å². The Hall–Kier alpha value is -0.200. The second-order valence-electron chi connectivity index (χ2n) is 5.22. The molecule has 5 nitrogen and oxygen atoms in total. The Morgan fingerprint density at radius 3 is 2.22 bits per heavy atom. The lowest BCUT2D eigenvalue weighted by Gasteiger charge is -2.39. The zero-order chi connectivity index (χ0) is 17.5. The Bertz CT molecular complexity index is 573. The largest absolute Gasteiger partial charge is 0.456 e. The van der Waals surface area contributed by atoms with Crippen molar-refractivity contribution in [1.29, 1.82) is 0 Å². The zero-order valence-electron chi connectivity index (χ0n) is 11.6. The van der Waals surface area contributed by atoms with Crippen LogP contribution in [0.4, 0.5) is 17.6 Å². The molecule has 134 valence electrons. The van der Waals surface area contributed by atoms with Gasteiger partial charge in [-0.1, -0.05) is 6.42 Å². The molecule has 2 atom stereocenters. The van der Waals surface area contributed by atoms with Crippen molar-refractivity contribution in [3.05, 3.63) is 0 Å². The van der Waals surface area contributed by atoms with Crippen LogP contribution in [0, 0.1) is 0 Å². The van der Waals surface area contributed by atoms with Crippen molar-refractivity contribution < 1.29 is 40.1 Å². The molecule has 2 aliphatic rings. The summed E-state index contributed by atoms with van der Waals surface area (Å²) in [5, 5.41) is -5.48. The monoisotopic (exact) mass is 398 g/mol. The summed E-state index contributed by atoms with van der Waals surface area (Å²) in [5.41, 5.74) is 0. The third-order valence-electron chi connectivity index (χ3n) is 3.74. The van der Waals surface area contributed by atoms with Gasteiger partial charge in [0, 0.05) is 11.5 Å². The SMILES string of the molecule is O=C(OC1CCCCC12SCCS2)C(F)(C(F)(F)F)S(=O)(=O)O. The van der Waals surface area contributed by atoms with Crippen LogP contribution >= 0.6 is 23.5 Å². The molecule has 0 aromatic carbocycles. The van der Waals surface area contributed by atoms with Crippen molar-refractivity contribution in [2.75, 3.05) is 11.5 Å². The fraction of sp³-hybridized carbons (Fsp3) is 0.909. The van der Waals surface area contributed by atoms with Gasteiger partial charge in [0.2, 0.25) is 0 Å². The van der Waals surface area contributed by atoms with Crippen LogP contribution in [0.5, 0.6) is 0 Å². The van der Waals surface area contributed by atoms with Crippen molar-refractivity contribution in [3.63, 3.8) is 0 Å². The average molecular weight is 398 g/mol. The number of carbonyl (C=O) groups excluding carboxylic acids is 1. The molecule has 12 heteroatoms. The van der Waals surface area contributed by atoms with E-state index in [1.54, 1.807) is 0 Å². The highest BCUT2D eigenvalue weighted by atomic mass is 32.2. The molecule has 1 saturated heterocycles. The Morgan fingerprint density at radius 1 is 1.17 bits per heavy atom. The molecule has 2 unspecified atom stereocenters. The molecule has 0 aromatic heterocycles. The second kappa shape index (κ2) is 6.26. The fourth-order valence-corrected chi connectivity index (χ4v) is 6.63. The third kappa shape index (κ3) is 3.31. The van der Waals surface area contributed by atoms with Crippen LogP contribution in [0.3, 0.4) is 0 Å². The van der Waals surface area contributed by atoms with E-state index in [2.05, 4.69) is 4.74 Å². The summed E-state index contributed by atoms with van der Waals surface area (Å²) in [6, 6.07) is 0. The number of hydrogen-bond donors (Lipinski definition) is 1. The molecule has 1 N–H and O–H groups in total. The number of hydrogen-bond acceptors (Lipinski definition) is 6. The highest BCUT2D eigenvalue weighted by Crippen LogP contribution is 2.54. The highest BCUT2D eigenvalue weighted by Gasteiger charge is 2.73. The van der Waals surface area contributed by atoms with Gasteiger partial charge in [0.15, 0.2) is 0 Å². The molecule has 1 heterocycles. The summed E-state index contributed by atoms with van der Waals surface area (Å²) >= 11 is 2.82. The minimum absolute atomic E-state index is 0.213. The summed E-state index contributed by atoms with van der Waals surface area (Å²) in [5.74, 6) is -1.22. The van der Waals surface area contributed by atoms with Crippen LogP contribution in [-0.2, 0) is 19.6 Å². The van der Waals surface area contributed by atoms with Gasteiger partial charge in [-0.2, -0.15) is 21.6 Å². The molecule has 0 aromatic rings. The molecule has 1 spiro atoms. The lowest BCUT2D eigenvalue weighted by Crippen LogP contribution is -2.57. The first-order valence-corrected chi connectivity index (χ1v) is 10.1. The van der Waals surface area contributed by atoms with Gasteiger partial charge in [0.1, 0.15) is 6.10 Å². The smallest absolute Gasteiger partial charge is 0.451 e. The van der Waals surface area contributed by atoms with E-state index in [-0.39, 0.29) is 6.42 Å². The molecule has 0 radical (unpaired) electrons. The summed E-state index contributed by atoms with van der Waals surface area (Å²) in [4.78, 5) is 11.7. The molecule has 23 heavy (non-hydrogen) atoms. The summed E-state index contributed by atoms with van der Waals surface area (Å²) < 4.78 is 86.5. The molecule has 1 aliphatic heterocycles. The van der Waals surface area contributed by atoms with Crippen molar-refractivity contribution in [2.45, 2.75) is 47.0 Å². The predicted molar refractivity (Wildman–Crippen MR) is 77.4 cm³/mol. The number of rotatable bonds is 3. The molecular formula is C11H14F4O5S3. The van der Waals surface area contributed by atoms with E-state index in [9.17, 15) is 30.8 Å². The van der Waals surface area contributed by atoms with Gasteiger partial charge in [0.25, 0.3) is 0 Å². The van der Waals surface area contributed by atoms with Crippen LogP contribution in [0.25, 0.3) is 0 Å². The zero-order valence-corrected chi connectivity index (χ0v) is 14.1. The molecule has 1 aliphatic carbocycles. The normalized spacial score (nSPS) is 27.6. The lowest BCUT2D eigenvalue weighted by molar-refractivity contribution is -0.218. The molecular weight excluding hydrogens is 384 g/mol. The Morgan fingerprint density at radius 2 is 1.74 bits per heavy atom. The van der Waals surface area contributed by atoms with E-state index in [0.29, 0.717) is 24.3 Å². The third-order valence-corrected chi connectivity index (χ3v) is 8.54. The average Bonchev–Trinajstić information content (AvgIpc) is 2.87. The molecule has 2 rings (SSSR count). The maximum Gasteiger partial charge on any atom is 0.451 e. The van der Waals surface area contributed by atoms with Crippen molar-refractivity contribution >= 4 is 39.6 Å². The first-order valence-electron chi connectivity index (χ1n) is 6.66. The summed E-state index contributed by atoms with van der Waals surface area (Å²) in [6.07, 6.45) is -5.05. The van der Waals surface area contributed by atoms with Gasteiger partial charge < -0.3 is 4.74 Å². The lowest BCUT2D eigenvalue weighted by atomic mass is 9.96. The maximum atomic E-state index is 14.0. The van der Waals surface area contributed by atoms with Gasteiger partial charge in [0.05, 0.1) is 4.08 Å². The van der Waals surface area contributed by atoms with Crippen molar-refractivity contribution in [2.24, 2.45) is 0 Å². The van der Waals surface area contributed by atoms with Crippen LogP contribution < -0.4 is 0 Å². The number of carbonyl (C=O) groups is 1. The predicted octanol–water partition coefficient (Wildman–Crippen LogP) is 2.76. The van der Waals surface area contributed by atoms with Crippen LogP contribution in [0.2, 0.25) is 0 Å². The van der Waals surface area contributed by atoms with E-state index < -0.39 is 37.4 Å². The van der Waals surface area contributed by atoms with Crippen molar-refractivity contribution in [3.8, 4) is 0 Å². The van der Waals surface area contributed by atoms with Crippen LogP contribution in [0.1, 0.15) is 25.7 Å². The number of alkyl halides is 4. The summed E-state index contributed by atoms with van der Waals surface area (Å²) in [6.45, 7) is 0. The Balaban J connectivity index is 2.28. The van der Waals surface area contributed by atoms with E-state index in [1.807, 2.05) is 0 Å².